The predicted molar refractivity (Wildman–Crippen MR) is 124 cm³/mol. The first-order valence-corrected chi connectivity index (χ1v) is 12.4. The first-order chi connectivity index (χ1) is 15.9. The van der Waals surface area contributed by atoms with Crippen molar-refractivity contribution in [3.05, 3.63) is 0 Å². The zero-order chi connectivity index (χ0) is 24.3. The molecular formula is C24H41N3O6. The van der Waals surface area contributed by atoms with Gasteiger partial charge in [-0.2, -0.15) is 0 Å². The fraction of sp³-hybridized carbons (Fsp3) is 0.792. The Morgan fingerprint density at radius 1 is 0.697 bits per heavy atom. The van der Waals surface area contributed by atoms with Crippen molar-refractivity contribution in [1.29, 1.82) is 0 Å². The molecule has 3 amide bonds. The molecule has 1 rings (SSSR count). The number of amides is 3. The second-order valence-electron chi connectivity index (χ2n) is 8.44. The summed E-state index contributed by atoms with van der Waals surface area (Å²) in [6.07, 6.45) is 9.12. The van der Waals surface area contributed by atoms with Crippen molar-refractivity contribution in [2.45, 2.75) is 90.4 Å². The minimum atomic E-state index is -0.780. The largest absolute Gasteiger partial charge is 0.465 e. The number of nitrogens with one attached hydrogen (secondary N) is 3. The van der Waals surface area contributed by atoms with Gasteiger partial charge in [0.1, 0.15) is 11.7 Å². The van der Waals surface area contributed by atoms with Crippen molar-refractivity contribution < 1.29 is 28.7 Å². The van der Waals surface area contributed by atoms with E-state index in [1.165, 1.54) is 0 Å². The molecule has 1 aliphatic heterocycles. The van der Waals surface area contributed by atoms with Gasteiger partial charge in [-0.15, -0.1) is 0 Å². The van der Waals surface area contributed by atoms with E-state index in [9.17, 15) is 24.0 Å². The molecule has 9 heteroatoms. The van der Waals surface area contributed by atoms with E-state index in [4.69, 9.17) is 4.74 Å². The van der Waals surface area contributed by atoms with E-state index in [0.717, 1.165) is 51.4 Å². The summed E-state index contributed by atoms with van der Waals surface area (Å²) in [6.45, 7) is 2.55. The van der Waals surface area contributed by atoms with Gasteiger partial charge in [0.15, 0.2) is 0 Å². The van der Waals surface area contributed by atoms with Crippen LogP contribution in [0.4, 0.5) is 0 Å². The Kier molecular flexibility index (Phi) is 15.6. The topological polar surface area (TPSA) is 131 Å². The molecule has 0 aromatic carbocycles. The highest BCUT2D eigenvalue weighted by Gasteiger charge is 2.27. The Labute approximate surface area is 197 Å². The van der Waals surface area contributed by atoms with E-state index in [2.05, 4.69) is 16.0 Å². The molecule has 1 unspecified atom stereocenters. The molecule has 1 heterocycles. The van der Waals surface area contributed by atoms with Crippen molar-refractivity contribution in [2.24, 2.45) is 5.92 Å². The van der Waals surface area contributed by atoms with Gasteiger partial charge in [0, 0.05) is 45.3 Å². The van der Waals surface area contributed by atoms with Crippen molar-refractivity contribution in [3.63, 3.8) is 0 Å². The van der Waals surface area contributed by atoms with Gasteiger partial charge in [-0.25, -0.2) is 0 Å². The number of Topliss-reactive ketones (excluding diaryl/α,β-unsaturated/α-hetero) is 1. The van der Waals surface area contributed by atoms with Gasteiger partial charge in [-0.05, 0) is 19.8 Å². The molecule has 0 spiro atoms. The summed E-state index contributed by atoms with van der Waals surface area (Å²) >= 11 is 0. The lowest BCUT2D eigenvalue weighted by atomic mass is 9.94. The smallest absolute Gasteiger partial charge is 0.316 e. The van der Waals surface area contributed by atoms with Crippen LogP contribution < -0.4 is 16.0 Å². The van der Waals surface area contributed by atoms with Gasteiger partial charge < -0.3 is 20.7 Å². The molecule has 0 saturated carbocycles. The molecule has 0 aromatic heterocycles. The number of carbonyl (C=O) groups excluding carboxylic acids is 5. The SMILES string of the molecule is CCOC(=O)C1CCCCCCCCCCC(=O)NCCC(=O)NCCC(=O)NCCC1=O. The molecule has 1 aliphatic rings. The maximum atomic E-state index is 12.6. The highest BCUT2D eigenvalue weighted by molar-refractivity contribution is 5.99. The lowest BCUT2D eigenvalue weighted by Gasteiger charge is -2.15. The Bertz CT molecular complexity index is 638. The molecule has 1 fully saturated rings. The summed E-state index contributed by atoms with van der Waals surface area (Å²) in [6, 6.07) is 0. The van der Waals surface area contributed by atoms with Crippen LogP contribution in [0, 0.1) is 5.92 Å². The summed E-state index contributed by atoms with van der Waals surface area (Å²) in [7, 11) is 0. The van der Waals surface area contributed by atoms with E-state index in [-0.39, 0.29) is 69.0 Å². The monoisotopic (exact) mass is 467 g/mol. The molecule has 0 aromatic rings. The van der Waals surface area contributed by atoms with Crippen LogP contribution in [0.2, 0.25) is 0 Å². The minimum Gasteiger partial charge on any atom is -0.465 e. The third kappa shape index (κ3) is 14.3. The molecule has 1 saturated heterocycles. The van der Waals surface area contributed by atoms with Crippen LogP contribution in [0.5, 0.6) is 0 Å². The van der Waals surface area contributed by atoms with Crippen LogP contribution in [0.15, 0.2) is 0 Å². The first kappa shape index (κ1) is 28.6. The molecule has 0 aliphatic carbocycles. The highest BCUT2D eigenvalue weighted by atomic mass is 16.5. The third-order valence-corrected chi connectivity index (χ3v) is 5.65. The average Bonchev–Trinajstić information content (AvgIpc) is 2.77. The molecule has 0 radical (unpaired) electrons. The Hall–Kier alpha value is -2.45. The summed E-state index contributed by atoms with van der Waals surface area (Å²) < 4.78 is 5.08. The molecule has 3 N–H and O–H groups in total. The van der Waals surface area contributed by atoms with Gasteiger partial charge in [0.25, 0.3) is 0 Å². The van der Waals surface area contributed by atoms with Gasteiger partial charge in [-0.3, -0.25) is 24.0 Å². The number of hydrogen-bond donors (Lipinski definition) is 3. The van der Waals surface area contributed by atoms with E-state index in [1.807, 2.05) is 0 Å². The molecular weight excluding hydrogens is 426 g/mol. The standard InChI is InChI=1S/C24H41N3O6/c1-2-33-24(32)19-11-9-7-5-3-4-6-8-10-12-21(29)26-17-14-23(31)27-18-15-22(30)25-16-13-20(19)28/h19H,2-18H2,1H3,(H,25,30)(H,26,29)(H,27,31). The van der Waals surface area contributed by atoms with Crippen LogP contribution in [-0.2, 0) is 28.7 Å². The van der Waals surface area contributed by atoms with Gasteiger partial charge in [-0.1, -0.05) is 44.9 Å². The van der Waals surface area contributed by atoms with Crippen LogP contribution >= 0.6 is 0 Å². The predicted octanol–water partition coefficient (Wildman–Crippen LogP) is 2.17. The van der Waals surface area contributed by atoms with E-state index in [1.54, 1.807) is 6.92 Å². The van der Waals surface area contributed by atoms with Crippen molar-refractivity contribution in [2.75, 3.05) is 26.2 Å². The second-order valence-corrected chi connectivity index (χ2v) is 8.44. The normalized spacial score (nSPS) is 22.3. The molecule has 9 nitrogen and oxygen atoms in total. The number of carbonyl (C=O) groups is 5. The van der Waals surface area contributed by atoms with Gasteiger partial charge in [0.2, 0.25) is 17.7 Å². The third-order valence-electron chi connectivity index (χ3n) is 5.65. The van der Waals surface area contributed by atoms with Crippen molar-refractivity contribution in [1.82, 2.24) is 16.0 Å². The summed E-state index contributed by atoms with van der Waals surface area (Å²) in [5, 5.41) is 8.05. The number of rotatable bonds is 2. The summed E-state index contributed by atoms with van der Waals surface area (Å²) in [4.78, 5) is 60.4. The van der Waals surface area contributed by atoms with Crippen LogP contribution in [0.1, 0.15) is 90.4 Å². The maximum Gasteiger partial charge on any atom is 0.316 e. The molecule has 1 atom stereocenters. The average molecular weight is 468 g/mol. The van der Waals surface area contributed by atoms with Crippen molar-refractivity contribution in [3.8, 4) is 0 Å². The lowest BCUT2D eigenvalue weighted by Crippen LogP contribution is -2.34. The lowest BCUT2D eigenvalue weighted by molar-refractivity contribution is -0.152. The van der Waals surface area contributed by atoms with Gasteiger partial charge >= 0.3 is 5.97 Å². The first-order valence-electron chi connectivity index (χ1n) is 12.4. The Morgan fingerprint density at radius 3 is 1.70 bits per heavy atom. The maximum absolute atomic E-state index is 12.6. The zero-order valence-corrected chi connectivity index (χ0v) is 20.0. The molecule has 33 heavy (non-hydrogen) atoms. The van der Waals surface area contributed by atoms with Crippen LogP contribution in [0.25, 0.3) is 0 Å². The van der Waals surface area contributed by atoms with Crippen LogP contribution in [0.3, 0.4) is 0 Å². The number of ketones is 1. The molecule has 0 bridgehead atoms. The number of ether oxygens (including phenoxy) is 1. The summed E-state index contributed by atoms with van der Waals surface area (Å²) in [5.41, 5.74) is 0. The minimum absolute atomic E-state index is 0.0395. The van der Waals surface area contributed by atoms with Gasteiger partial charge in [0.05, 0.1) is 6.61 Å². The fourth-order valence-electron chi connectivity index (χ4n) is 3.74. The fourth-order valence-corrected chi connectivity index (χ4v) is 3.74. The Morgan fingerprint density at radius 2 is 1.15 bits per heavy atom. The number of hydrogen-bond acceptors (Lipinski definition) is 6. The highest BCUT2D eigenvalue weighted by Crippen LogP contribution is 2.17. The van der Waals surface area contributed by atoms with E-state index < -0.39 is 11.9 Å². The van der Waals surface area contributed by atoms with E-state index in [0.29, 0.717) is 12.8 Å². The second kappa shape index (κ2) is 18.0. The molecule has 188 valence electrons. The zero-order valence-electron chi connectivity index (χ0n) is 20.0. The number of esters is 1. The Balaban J connectivity index is 2.55. The van der Waals surface area contributed by atoms with E-state index >= 15 is 0 Å². The summed E-state index contributed by atoms with van der Waals surface area (Å²) in [5.74, 6) is -2.02. The quantitative estimate of drug-likeness (QED) is 0.421. The van der Waals surface area contributed by atoms with Crippen molar-refractivity contribution >= 4 is 29.5 Å². The van der Waals surface area contributed by atoms with Crippen LogP contribution in [-0.4, -0.2) is 55.7 Å².